The number of nitrogens with one attached hydrogen (secondary N) is 1. The van der Waals surface area contributed by atoms with Gasteiger partial charge in [0.1, 0.15) is 11.4 Å². The van der Waals surface area contributed by atoms with E-state index in [4.69, 9.17) is 4.74 Å². The number of amides is 1. The van der Waals surface area contributed by atoms with Crippen molar-refractivity contribution in [1.82, 2.24) is 10.3 Å². The number of nitrogens with zero attached hydrogens (tertiary/aromatic N) is 2. The predicted octanol–water partition coefficient (Wildman–Crippen LogP) is 3.74. The maximum absolute atomic E-state index is 11.6. The SMILES string of the molecule is CN(Cc1ccccc1)c1ccc(CNC(=O)OC(C)(C)C)cn1. The van der Waals surface area contributed by atoms with E-state index in [0.717, 1.165) is 17.9 Å². The zero-order chi connectivity index (χ0) is 17.6. The number of benzene rings is 1. The van der Waals surface area contributed by atoms with Gasteiger partial charge in [-0.05, 0) is 38.0 Å². The quantitative estimate of drug-likeness (QED) is 0.909. The molecule has 0 bridgehead atoms. The van der Waals surface area contributed by atoms with Gasteiger partial charge in [0.05, 0.1) is 0 Å². The van der Waals surface area contributed by atoms with Crippen molar-refractivity contribution in [1.29, 1.82) is 0 Å². The molecule has 0 spiro atoms. The zero-order valence-corrected chi connectivity index (χ0v) is 14.7. The first kappa shape index (κ1) is 17.8. The second-order valence-electron chi connectivity index (χ2n) is 6.72. The van der Waals surface area contributed by atoms with Crippen molar-refractivity contribution in [3.8, 4) is 0 Å². The van der Waals surface area contributed by atoms with Gasteiger partial charge in [0.2, 0.25) is 0 Å². The molecular formula is C19H25N3O2. The van der Waals surface area contributed by atoms with Crippen molar-refractivity contribution in [3.05, 3.63) is 59.8 Å². The number of hydrogen-bond acceptors (Lipinski definition) is 4. The van der Waals surface area contributed by atoms with Gasteiger partial charge in [0.25, 0.3) is 0 Å². The minimum atomic E-state index is -0.494. The van der Waals surface area contributed by atoms with Gasteiger partial charge in [-0.3, -0.25) is 0 Å². The van der Waals surface area contributed by atoms with Crippen molar-refractivity contribution in [3.63, 3.8) is 0 Å². The molecule has 1 N–H and O–H groups in total. The summed E-state index contributed by atoms with van der Waals surface area (Å²) in [5, 5.41) is 2.73. The monoisotopic (exact) mass is 327 g/mol. The van der Waals surface area contributed by atoms with Crippen molar-refractivity contribution < 1.29 is 9.53 Å². The summed E-state index contributed by atoms with van der Waals surface area (Å²) in [4.78, 5) is 18.2. The Morgan fingerprint density at radius 3 is 2.42 bits per heavy atom. The molecule has 1 amide bonds. The van der Waals surface area contributed by atoms with E-state index in [1.54, 1.807) is 6.20 Å². The summed E-state index contributed by atoms with van der Waals surface area (Å²) in [5.74, 6) is 0.889. The van der Waals surface area contributed by atoms with Crippen LogP contribution >= 0.6 is 0 Å². The molecular weight excluding hydrogens is 302 g/mol. The third-order valence-electron chi connectivity index (χ3n) is 3.30. The summed E-state index contributed by atoms with van der Waals surface area (Å²) in [6.45, 7) is 6.70. The van der Waals surface area contributed by atoms with Gasteiger partial charge in [-0.2, -0.15) is 0 Å². The van der Waals surface area contributed by atoms with Gasteiger partial charge in [0, 0.05) is 26.3 Å². The van der Waals surface area contributed by atoms with Gasteiger partial charge in [-0.1, -0.05) is 36.4 Å². The van der Waals surface area contributed by atoms with E-state index in [0.29, 0.717) is 6.54 Å². The van der Waals surface area contributed by atoms with Crippen molar-refractivity contribution in [2.24, 2.45) is 0 Å². The number of anilines is 1. The normalized spacial score (nSPS) is 11.0. The molecule has 24 heavy (non-hydrogen) atoms. The van der Waals surface area contributed by atoms with Crippen LogP contribution in [0.1, 0.15) is 31.9 Å². The predicted molar refractivity (Wildman–Crippen MR) is 95.9 cm³/mol. The third-order valence-corrected chi connectivity index (χ3v) is 3.30. The topological polar surface area (TPSA) is 54.5 Å². The summed E-state index contributed by atoms with van der Waals surface area (Å²) in [6, 6.07) is 14.2. The fraction of sp³-hybridized carbons (Fsp3) is 0.368. The Morgan fingerprint density at radius 1 is 1.12 bits per heavy atom. The molecule has 1 aromatic heterocycles. The summed E-state index contributed by atoms with van der Waals surface area (Å²) in [7, 11) is 2.01. The fourth-order valence-electron chi connectivity index (χ4n) is 2.17. The Balaban J connectivity index is 1.87. The molecule has 128 valence electrons. The van der Waals surface area contributed by atoms with Gasteiger partial charge < -0.3 is 15.0 Å². The number of hydrogen-bond donors (Lipinski definition) is 1. The van der Waals surface area contributed by atoms with E-state index in [2.05, 4.69) is 27.3 Å². The number of aromatic nitrogens is 1. The summed E-state index contributed by atoms with van der Waals surface area (Å²) in [5.41, 5.74) is 1.67. The van der Waals surface area contributed by atoms with Gasteiger partial charge in [-0.25, -0.2) is 9.78 Å². The molecule has 2 aromatic rings. The average molecular weight is 327 g/mol. The molecule has 1 aromatic carbocycles. The molecule has 2 rings (SSSR count). The number of pyridine rings is 1. The highest BCUT2D eigenvalue weighted by Crippen LogP contribution is 2.13. The molecule has 0 radical (unpaired) electrons. The zero-order valence-electron chi connectivity index (χ0n) is 14.7. The van der Waals surface area contributed by atoms with E-state index < -0.39 is 11.7 Å². The maximum Gasteiger partial charge on any atom is 0.407 e. The van der Waals surface area contributed by atoms with Crippen LogP contribution in [0.5, 0.6) is 0 Å². The average Bonchev–Trinajstić information content (AvgIpc) is 2.53. The molecule has 0 saturated heterocycles. The summed E-state index contributed by atoms with van der Waals surface area (Å²) >= 11 is 0. The lowest BCUT2D eigenvalue weighted by molar-refractivity contribution is 0.0523. The van der Waals surface area contributed by atoms with Gasteiger partial charge in [-0.15, -0.1) is 0 Å². The highest BCUT2D eigenvalue weighted by atomic mass is 16.6. The van der Waals surface area contributed by atoms with Crippen LogP contribution in [-0.2, 0) is 17.8 Å². The van der Waals surface area contributed by atoms with E-state index in [1.807, 2.05) is 58.2 Å². The molecule has 0 saturated carbocycles. The van der Waals surface area contributed by atoms with Crippen LogP contribution in [0.15, 0.2) is 48.7 Å². The Morgan fingerprint density at radius 2 is 1.83 bits per heavy atom. The summed E-state index contributed by atoms with van der Waals surface area (Å²) in [6.07, 6.45) is 1.35. The number of ether oxygens (including phenoxy) is 1. The molecule has 5 heteroatoms. The van der Waals surface area contributed by atoms with Crippen LogP contribution in [0.3, 0.4) is 0 Å². The van der Waals surface area contributed by atoms with Gasteiger partial charge in [0.15, 0.2) is 0 Å². The second-order valence-corrected chi connectivity index (χ2v) is 6.72. The number of carbonyl (C=O) groups excluding carboxylic acids is 1. The molecule has 0 aliphatic carbocycles. The molecule has 5 nitrogen and oxygen atoms in total. The minimum Gasteiger partial charge on any atom is -0.444 e. The number of carbonyl (C=O) groups is 1. The van der Waals surface area contributed by atoms with Crippen molar-refractivity contribution in [2.45, 2.75) is 39.5 Å². The van der Waals surface area contributed by atoms with Crippen molar-refractivity contribution >= 4 is 11.9 Å². The molecule has 0 aliphatic rings. The van der Waals surface area contributed by atoms with Crippen LogP contribution in [0, 0.1) is 0 Å². The second kappa shape index (κ2) is 7.81. The molecule has 0 unspecified atom stereocenters. The van der Waals surface area contributed by atoms with Crippen LogP contribution in [-0.4, -0.2) is 23.7 Å². The molecule has 1 heterocycles. The lowest BCUT2D eigenvalue weighted by atomic mass is 10.2. The Hall–Kier alpha value is -2.56. The standard InChI is InChI=1S/C19H25N3O2/c1-19(2,3)24-18(23)21-13-16-10-11-17(20-12-16)22(4)14-15-8-6-5-7-9-15/h5-12H,13-14H2,1-4H3,(H,21,23). The first-order valence-electron chi connectivity index (χ1n) is 8.00. The Bertz CT molecular complexity index is 649. The number of alkyl carbamates (subject to hydrolysis) is 1. The number of rotatable bonds is 5. The Labute approximate surface area is 143 Å². The maximum atomic E-state index is 11.6. The first-order valence-corrected chi connectivity index (χ1v) is 8.00. The van der Waals surface area contributed by atoms with E-state index in [-0.39, 0.29) is 0 Å². The van der Waals surface area contributed by atoms with E-state index >= 15 is 0 Å². The Kier molecular flexibility index (Phi) is 5.79. The van der Waals surface area contributed by atoms with Crippen LogP contribution in [0.25, 0.3) is 0 Å². The van der Waals surface area contributed by atoms with E-state index in [1.165, 1.54) is 5.56 Å². The van der Waals surface area contributed by atoms with Crippen LogP contribution in [0.2, 0.25) is 0 Å². The van der Waals surface area contributed by atoms with Crippen molar-refractivity contribution in [2.75, 3.05) is 11.9 Å². The minimum absolute atomic E-state index is 0.393. The fourth-order valence-corrected chi connectivity index (χ4v) is 2.17. The highest BCUT2D eigenvalue weighted by molar-refractivity contribution is 5.67. The highest BCUT2D eigenvalue weighted by Gasteiger charge is 2.15. The van der Waals surface area contributed by atoms with Gasteiger partial charge >= 0.3 is 6.09 Å². The molecule has 0 fully saturated rings. The summed E-state index contributed by atoms with van der Waals surface area (Å²) < 4.78 is 5.21. The smallest absolute Gasteiger partial charge is 0.407 e. The lowest BCUT2D eigenvalue weighted by Crippen LogP contribution is -2.32. The van der Waals surface area contributed by atoms with E-state index in [9.17, 15) is 4.79 Å². The third kappa shape index (κ3) is 5.91. The van der Waals surface area contributed by atoms with Crippen LogP contribution in [0.4, 0.5) is 10.6 Å². The van der Waals surface area contributed by atoms with Crippen LogP contribution < -0.4 is 10.2 Å². The largest absolute Gasteiger partial charge is 0.444 e. The first-order chi connectivity index (χ1) is 11.3. The molecule has 0 atom stereocenters. The molecule has 0 aliphatic heterocycles. The lowest BCUT2D eigenvalue weighted by Gasteiger charge is -2.20.